The number of nitrogens with two attached hydrogens (primary N) is 1. The van der Waals surface area contributed by atoms with Gasteiger partial charge in [-0.1, -0.05) is 0 Å². The third-order valence-corrected chi connectivity index (χ3v) is 5.79. The van der Waals surface area contributed by atoms with Crippen LogP contribution < -0.4 is 16.7 Å². The molecule has 0 radical (unpaired) electrons. The van der Waals surface area contributed by atoms with Crippen molar-refractivity contribution in [2.45, 2.75) is 61.4 Å². The maximum atomic E-state index is 12.6. The number of amides is 2. The first-order valence-corrected chi connectivity index (χ1v) is 10.9. The van der Waals surface area contributed by atoms with E-state index in [2.05, 4.69) is 0 Å². The first kappa shape index (κ1) is 29.0. The molecule has 0 aromatic heterocycles. The molecule has 2 amide bonds. The highest BCUT2D eigenvalue weighted by Crippen LogP contribution is 2.23. The van der Waals surface area contributed by atoms with Gasteiger partial charge in [-0.3, -0.25) is 9.59 Å². The average molecular weight is 535 g/mol. The Balaban J connectivity index is 1.61. The van der Waals surface area contributed by atoms with Crippen molar-refractivity contribution in [1.29, 1.82) is 0 Å². The quantitative estimate of drug-likeness (QED) is 0.109. The number of benzene rings is 1. The largest absolute Gasteiger partial charge is 0.398 e. The van der Waals surface area contributed by atoms with E-state index < -0.39 is 86.4 Å². The van der Waals surface area contributed by atoms with Crippen LogP contribution in [0, 0.1) is 0 Å². The number of carbonyl (C=O) groups excluding carboxylic acids is 2. The Morgan fingerprint density at radius 2 is 1.22 bits per heavy atom. The molecule has 10 atom stereocenters. The zero-order chi connectivity index (χ0) is 27.4. The average Bonchev–Trinajstić information content (AvgIpc) is 2.89. The van der Waals surface area contributed by atoms with Crippen LogP contribution in [0.25, 0.3) is 0 Å². The zero-order valence-corrected chi connectivity index (χ0v) is 19.0. The van der Waals surface area contributed by atoms with Gasteiger partial charge in [0.25, 0.3) is 11.8 Å². The van der Waals surface area contributed by atoms with Crippen molar-refractivity contribution >= 4 is 17.5 Å². The minimum Gasteiger partial charge on any atom is -0.398 e. The van der Waals surface area contributed by atoms with E-state index in [0.717, 1.165) is 6.07 Å². The minimum absolute atomic E-state index is 0.0960. The van der Waals surface area contributed by atoms with Gasteiger partial charge < -0.3 is 56.1 Å². The SMILES string of the molecule is Nc1ccc(C(=O)NO[C@@H]2O[C@H](CO)[C@H](O)[C@H](O)[C@H]2O)cc1C(=O)NO[C@@H]1O[C@H](CO)[C@H](O)[C@H](O)[C@H]1O. The molecule has 0 aliphatic carbocycles. The van der Waals surface area contributed by atoms with Crippen LogP contribution in [0.1, 0.15) is 20.7 Å². The molecule has 12 N–H and O–H groups in total. The molecular weight excluding hydrogens is 506 g/mol. The highest BCUT2D eigenvalue weighted by atomic mass is 16.8. The summed E-state index contributed by atoms with van der Waals surface area (Å²) in [5, 5.41) is 77.5. The third-order valence-electron chi connectivity index (χ3n) is 5.79. The predicted molar refractivity (Wildman–Crippen MR) is 115 cm³/mol. The standard InChI is InChI=1S/C20H29N3O14/c21-8-2-1-6(17(32)22-36-19-15(30)13(28)11(26)9(4-24)34-19)3-7(8)18(33)23-37-20-16(31)14(29)12(27)10(5-25)35-20/h1-3,9-16,19-20,24-31H,4-5,21H2,(H,22,32)(H,23,33)/t9-,10-,11+,12+,13+,14+,15-,16-,19+,20+/m1/s1. The molecular formula is C20H29N3O14. The van der Waals surface area contributed by atoms with E-state index in [4.69, 9.17) is 24.9 Å². The van der Waals surface area contributed by atoms with Gasteiger partial charge in [-0.25, -0.2) is 20.6 Å². The number of ether oxygens (including phenoxy) is 2. The van der Waals surface area contributed by atoms with Crippen molar-refractivity contribution in [3.8, 4) is 0 Å². The van der Waals surface area contributed by atoms with Crippen LogP contribution >= 0.6 is 0 Å². The second kappa shape index (κ2) is 12.3. The fraction of sp³-hybridized carbons (Fsp3) is 0.600. The van der Waals surface area contributed by atoms with Crippen LogP contribution in [0.3, 0.4) is 0 Å². The van der Waals surface area contributed by atoms with E-state index in [1.807, 2.05) is 11.0 Å². The van der Waals surface area contributed by atoms with Crippen molar-refractivity contribution < 1.29 is 69.6 Å². The van der Waals surface area contributed by atoms with Gasteiger partial charge in [0.1, 0.15) is 48.8 Å². The lowest BCUT2D eigenvalue weighted by molar-refractivity contribution is -0.311. The van der Waals surface area contributed by atoms with Crippen molar-refractivity contribution in [3.05, 3.63) is 29.3 Å². The van der Waals surface area contributed by atoms with Gasteiger partial charge >= 0.3 is 0 Å². The number of hydrogen-bond donors (Lipinski definition) is 11. The molecule has 2 saturated heterocycles. The molecule has 0 unspecified atom stereocenters. The predicted octanol–water partition coefficient (Wildman–Crippen LogP) is -5.81. The number of nitrogen functional groups attached to an aromatic ring is 1. The second-order valence-electron chi connectivity index (χ2n) is 8.29. The number of carbonyl (C=O) groups is 2. The molecule has 1 aromatic carbocycles. The minimum atomic E-state index is -1.79. The van der Waals surface area contributed by atoms with Crippen molar-refractivity contribution in [3.63, 3.8) is 0 Å². The lowest BCUT2D eigenvalue weighted by Gasteiger charge is -2.39. The normalized spacial score (nSPS) is 36.1. The first-order valence-electron chi connectivity index (χ1n) is 10.9. The Bertz CT molecular complexity index is 949. The summed E-state index contributed by atoms with van der Waals surface area (Å²) in [5.41, 5.74) is 9.12. The molecule has 0 spiro atoms. The Kier molecular flexibility index (Phi) is 9.69. The van der Waals surface area contributed by atoms with Crippen LogP contribution in [0.15, 0.2) is 18.2 Å². The summed E-state index contributed by atoms with van der Waals surface area (Å²) in [4.78, 5) is 35.0. The molecule has 17 nitrogen and oxygen atoms in total. The first-order chi connectivity index (χ1) is 17.5. The van der Waals surface area contributed by atoms with Crippen molar-refractivity contribution in [1.82, 2.24) is 11.0 Å². The van der Waals surface area contributed by atoms with E-state index in [-0.39, 0.29) is 16.8 Å². The van der Waals surface area contributed by atoms with E-state index >= 15 is 0 Å². The number of aliphatic hydroxyl groups is 8. The fourth-order valence-corrected chi connectivity index (χ4v) is 3.56. The summed E-state index contributed by atoms with van der Waals surface area (Å²) in [6, 6.07) is 3.45. The molecule has 3 rings (SSSR count). The lowest BCUT2D eigenvalue weighted by Crippen LogP contribution is -2.60. The summed E-state index contributed by atoms with van der Waals surface area (Å²) >= 11 is 0. The van der Waals surface area contributed by atoms with E-state index in [1.54, 1.807) is 0 Å². The van der Waals surface area contributed by atoms with E-state index in [0.29, 0.717) is 0 Å². The van der Waals surface area contributed by atoms with Crippen molar-refractivity contribution in [2.24, 2.45) is 0 Å². The Morgan fingerprint density at radius 3 is 1.68 bits per heavy atom. The van der Waals surface area contributed by atoms with Gasteiger partial charge in [0, 0.05) is 11.3 Å². The molecule has 0 bridgehead atoms. The molecule has 37 heavy (non-hydrogen) atoms. The Morgan fingerprint density at radius 1 is 0.757 bits per heavy atom. The molecule has 2 aliphatic heterocycles. The molecule has 17 heteroatoms. The monoisotopic (exact) mass is 535 g/mol. The lowest BCUT2D eigenvalue weighted by atomic mass is 9.99. The number of aliphatic hydroxyl groups excluding tert-OH is 8. The highest BCUT2D eigenvalue weighted by molar-refractivity contribution is 6.02. The highest BCUT2D eigenvalue weighted by Gasteiger charge is 2.45. The molecule has 2 aliphatic rings. The Labute approximate surface area is 208 Å². The number of hydrogen-bond acceptors (Lipinski definition) is 15. The van der Waals surface area contributed by atoms with Gasteiger partial charge in [-0.15, -0.1) is 0 Å². The van der Waals surface area contributed by atoms with Crippen molar-refractivity contribution in [2.75, 3.05) is 18.9 Å². The topological polar surface area (TPSA) is 283 Å². The van der Waals surface area contributed by atoms with Crippen LogP contribution in [-0.2, 0) is 19.1 Å². The summed E-state index contributed by atoms with van der Waals surface area (Å²) in [5.74, 6) is -1.94. The molecule has 2 heterocycles. The van der Waals surface area contributed by atoms with Crippen LogP contribution in [0.4, 0.5) is 5.69 Å². The molecule has 1 aromatic rings. The van der Waals surface area contributed by atoms with Gasteiger partial charge in [-0.2, -0.15) is 0 Å². The van der Waals surface area contributed by atoms with Crippen LogP contribution in [0.2, 0.25) is 0 Å². The van der Waals surface area contributed by atoms with E-state index in [1.165, 1.54) is 12.1 Å². The number of nitrogens with one attached hydrogen (secondary N) is 2. The van der Waals surface area contributed by atoms with Gasteiger partial charge in [0.05, 0.1) is 18.8 Å². The third kappa shape index (κ3) is 6.32. The van der Waals surface area contributed by atoms with Gasteiger partial charge in [0.2, 0.25) is 12.6 Å². The maximum absolute atomic E-state index is 12.6. The number of anilines is 1. The number of hydroxylamine groups is 2. The summed E-state index contributed by atoms with van der Waals surface area (Å²) in [6.45, 7) is -1.42. The zero-order valence-electron chi connectivity index (χ0n) is 19.0. The van der Waals surface area contributed by atoms with E-state index in [9.17, 15) is 50.4 Å². The number of rotatable bonds is 8. The summed E-state index contributed by atoms with van der Waals surface area (Å²) in [7, 11) is 0. The summed E-state index contributed by atoms with van der Waals surface area (Å²) in [6.07, 6.45) is -16.2. The second-order valence-corrected chi connectivity index (χ2v) is 8.29. The molecule has 2 fully saturated rings. The van der Waals surface area contributed by atoms with Gasteiger partial charge in [0.15, 0.2) is 0 Å². The smallest absolute Gasteiger partial charge is 0.277 e. The Hall–Kier alpha value is -2.52. The van der Waals surface area contributed by atoms with Crippen LogP contribution in [0.5, 0.6) is 0 Å². The fourth-order valence-electron chi connectivity index (χ4n) is 3.56. The van der Waals surface area contributed by atoms with Crippen LogP contribution in [-0.4, -0.2) is 127 Å². The van der Waals surface area contributed by atoms with Gasteiger partial charge in [-0.05, 0) is 18.2 Å². The summed E-state index contributed by atoms with van der Waals surface area (Å²) < 4.78 is 10.2. The maximum Gasteiger partial charge on any atom is 0.277 e. The molecule has 0 saturated carbocycles. The molecule has 208 valence electrons.